The van der Waals surface area contributed by atoms with Gasteiger partial charge in [0, 0.05) is 50.2 Å². The van der Waals surface area contributed by atoms with E-state index in [9.17, 15) is 19.8 Å². The molecule has 3 unspecified atom stereocenters. The molecule has 1 aliphatic rings. The molecular formula is C26H34N4O5. The summed E-state index contributed by atoms with van der Waals surface area (Å²) in [6, 6.07) is 6.94. The van der Waals surface area contributed by atoms with E-state index in [1.165, 1.54) is 6.92 Å². The third-order valence-electron chi connectivity index (χ3n) is 7.00. The molecule has 0 saturated carbocycles. The first-order chi connectivity index (χ1) is 16.7. The lowest BCUT2D eigenvalue weighted by molar-refractivity contribution is -0.142. The van der Waals surface area contributed by atoms with E-state index in [-0.39, 0.29) is 18.1 Å². The molecule has 1 saturated heterocycles. The van der Waals surface area contributed by atoms with Crippen molar-refractivity contribution >= 4 is 17.0 Å². The first-order valence-corrected chi connectivity index (χ1v) is 12.1. The Morgan fingerprint density at radius 3 is 2.60 bits per heavy atom. The molecule has 3 atom stereocenters. The predicted octanol–water partition coefficient (Wildman–Crippen LogP) is 2.62. The SMILES string of the molecule is Cc1cc(-c2nc3cc(CNC(C(=O)O)C(C)O)ccc3n2C(C)C2CCOCC2)cn(C)c1=O. The number of fused-ring (bicyclic) bond motifs is 1. The van der Waals surface area contributed by atoms with Gasteiger partial charge in [-0.25, -0.2) is 4.98 Å². The molecule has 0 radical (unpaired) electrons. The second-order valence-corrected chi connectivity index (χ2v) is 9.58. The molecule has 0 bridgehead atoms. The van der Waals surface area contributed by atoms with Crippen LogP contribution >= 0.6 is 0 Å². The maximum Gasteiger partial charge on any atom is 0.323 e. The Hall–Kier alpha value is -3.01. The van der Waals surface area contributed by atoms with Gasteiger partial charge in [0.15, 0.2) is 0 Å². The number of benzene rings is 1. The highest BCUT2D eigenvalue weighted by molar-refractivity contribution is 5.81. The lowest BCUT2D eigenvalue weighted by Gasteiger charge is -2.30. The standard InChI is InChI=1S/C26H34N4O5/c1-15-11-20(14-29(4)25(15)32)24-28-21-12-18(13-27-23(17(3)31)26(33)34)5-6-22(21)30(24)16(2)19-7-9-35-10-8-19/h5-6,11-12,14,16-17,19,23,27,31H,7-10,13H2,1-4H3,(H,33,34). The topological polar surface area (TPSA) is 119 Å². The molecule has 1 aromatic carbocycles. The van der Waals surface area contributed by atoms with Gasteiger partial charge in [-0.05, 0) is 63.3 Å². The Morgan fingerprint density at radius 1 is 1.26 bits per heavy atom. The Labute approximate surface area is 204 Å². The monoisotopic (exact) mass is 482 g/mol. The molecule has 3 N–H and O–H groups in total. The van der Waals surface area contributed by atoms with Crippen LogP contribution in [0.25, 0.3) is 22.4 Å². The maximum atomic E-state index is 12.3. The van der Waals surface area contributed by atoms with Crippen LogP contribution in [0.2, 0.25) is 0 Å². The summed E-state index contributed by atoms with van der Waals surface area (Å²) < 4.78 is 9.43. The highest BCUT2D eigenvalue weighted by Gasteiger charge is 2.27. The second kappa shape index (κ2) is 10.3. The van der Waals surface area contributed by atoms with E-state index in [0.717, 1.165) is 54.0 Å². The Kier molecular flexibility index (Phi) is 7.39. The first kappa shape index (κ1) is 25.1. The van der Waals surface area contributed by atoms with Gasteiger partial charge in [-0.1, -0.05) is 6.07 Å². The molecule has 188 valence electrons. The number of hydrogen-bond donors (Lipinski definition) is 3. The van der Waals surface area contributed by atoms with Crippen LogP contribution in [0.4, 0.5) is 0 Å². The number of rotatable bonds is 8. The van der Waals surface area contributed by atoms with Crippen LogP contribution in [0.1, 0.15) is 43.9 Å². The number of carboxylic acids is 1. The van der Waals surface area contributed by atoms with Crippen molar-refractivity contribution in [2.75, 3.05) is 13.2 Å². The van der Waals surface area contributed by atoms with Crippen molar-refractivity contribution in [2.45, 2.75) is 58.3 Å². The van der Waals surface area contributed by atoms with Gasteiger partial charge in [0.2, 0.25) is 0 Å². The highest BCUT2D eigenvalue weighted by atomic mass is 16.5. The molecule has 0 aliphatic carbocycles. The molecule has 3 aromatic rings. The number of aliphatic hydroxyl groups is 1. The third kappa shape index (κ3) is 5.17. The zero-order valence-electron chi connectivity index (χ0n) is 20.7. The number of nitrogens with one attached hydrogen (secondary N) is 1. The van der Waals surface area contributed by atoms with E-state index in [2.05, 4.69) is 16.8 Å². The predicted molar refractivity (Wildman–Crippen MR) is 133 cm³/mol. The van der Waals surface area contributed by atoms with Gasteiger partial charge in [0.05, 0.1) is 17.1 Å². The van der Waals surface area contributed by atoms with Crippen LogP contribution in [-0.4, -0.2) is 55.7 Å². The number of aryl methyl sites for hydroxylation is 2. The lowest BCUT2D eigenvalue weighted by Crippen LogP contribution is -2.44. The fourth-order valence-corrected chi connectivity index (χ4v) is 4.97. The number of pyridine rings is 1. The summed E-state index contributed by atoms with van der Waals surface area (Å²) in [4.78, 5) is 28.7. The largest absolute Gasteiger partial charge is 0.480 e. The van der Waals surface area contributed by atoms with Crippen LogP contribution in [0.3, 0.4) is 0 Å². The molecule has 2 aromatic heterocycles. The molecule has 35 heavy (non-hydrogen) atoms. The number of nitrogens with zero attached hydrogens (tertiary/aromatic N) is 3. The maximum absolute atomic E-state index is 12.3. The zero-order valence-corrected chi connectivity index (χ0v) is 20.7. The Morgan fingerprint density at radius 2 is 1.97 bits per heavy atom. The van der Waals surface area contributed by atoms with Crippen molar-refractivity contribution in [3.63, 3.8) is 0 Å². The Bertz CT molecular complexity index is 1250. The normalized spacial score (nSPS) is 17.4. The molecule has 1 fully saturated rings. The van der Waals surface area contributed by atoms with E-state index in [1.54, 1.807) is 11.6 Å². The minimum absolute atomic E-state index is 0.0339. The van der Waals surface area contributed by atoms with Crippen LogP contribution in [0.5, 0.6) is 0 Å². The quantitative estimate of drug-likeness (QED) is 0.452. The number of carbonyl (C=O) groups is 1. The summed E-state index contributed by atoms with van der Waals surface area (Å²) >= 11 is 0. The van der Waals surface area contributed by atoms with Crippen LogP contribution in [0.15, 0.2) is 35.3 Å². The summed E-state index contributed by atoms with van der Waals surface area (Å²) in [5.74, 6) is 0.149. The zero-order chi connectivity index (χ0) is 25.3. The van der Waals surface area contributed by atoms with Gasteiger partial charge in [-0.15, -0.1) is 0 Å². The van der Waals surface area contributed by atoms with Gasteiger partial charge in [-0.2, -0.15) is 0 Å². The average Bonchev–Trinajstić information content (AvgIpc) is 3.20. The second-order valence-electron chi connectivity index (χ2n) is 9.58. The van der Waals surface area contributed by atoms with Crippen molar-refractivity contribution in [1.29, 1.82) is 0 Å². The molecular weight excluding hydrogens is 448 g/mol. The number of imidazole rings is 1. The van der Waals surface area contributed by atoms with Crippen molar-refractivity contribution in [2.24, 2.45) is 13.0 Å². The summed E-state index contributed by atoms with van der Waals surface area (Å²) in [6.45, 7) is 7.26. The minimum atomic E-state index is -1.09. The van der Waals surface area contributed by atoms with Gasteiger partial charge in [0.1, 0.15) is 11.9 Å². The third-order valence-corrected chi connectivity index (χ3v) is 7.00. The number of carboxylic acid groups (broad SMARTS) is 1. The van der Waals surface area contributed by atoms with Crippen molar-refractivity contribution < 1.29 is 19.7 Å². The van der Waals surface area contributed by atoms with Gasteiger partial charge in [0.25, 0.3) is 5.56 Å². The van der Waals surface area contributed by atoms with Gasteiger partial charge in [-0.3, -0.25) is 14.9 Å². The minimum Gasteiger partial charge on any atom is -0.480 e. The Balaban J connectivity index is 1.77. The van der Waals surface area contributed by atoms with E-state index in [0.29, 0.717) is 11.5 Å². The van der Waals surface area contributed by atoms with E-state index in [1.807, 2.05) is 37.4 Å². The molecule has 9 nitrogen and oxygen atoms in total. The molecule has 4 rings (SSSR count). The smallest absolute Gasteiger partial charge is 0.323 e. The molecule has 0 amide bonds. The molecule has 0 spiro atoms. The summed E-state index contributed by atoms with van der Waals surface area (Å²) in [5.41, 5.74) is 4.15. The summed E-state index contributed by atoms with van der Waals surface area (Å²) in [7, 11) is 1.75. The summed E-state index contributed by atoms with van der Waals surface area (Å²) in [5, 5.41) is 22.0. The summed E-state index contributed by atoms with van der Waals surface area (Å²) in [6.07, 6.45) is 2.76. The van der Waals surface area contributed by atoms with E-state index >= 15 is 0 Å². The van der Waals surface area contributed by atoms with Gasteiger partial charge >= 0.3 is 5.97 Å². The number of aromatic nitrogens is 3. The van der Waals surface area contributed by atoms with Crippen molar-refractivity contribution in [3.05, 3.63) is 51.9 Å². The average molecular weight is 483 g/mol. The molecule has 1 aliphatic heterocycles. The van der Waals surface area contributed by atoms with Crippen LogP contribution in [0, 0.1) is 12.8 Å². The number of aliphatic carboxylic acids is 1. The van der Waals surface area contributed by atoms with Gasteiger partial charge < -0.3 is 24.1 Å². The fourth-order valence-electron chi connectivity index (χ4n) is 4.97. The number of hydrogen-bond acceptors (Lipinski definition) is 6. The van der Waals surface area contributed by atoms with E-state index in [4.69, 9.17) is 9.72 Å². The lowest BCUT2D eigenvalue weighted by atomic mass is 9.92. The number of ether oxygens (including phenoxy) is 1. The highest BCUT2D eigenvalue weighted by Crippen LogP contribution is 2.35. The first-order valence-electron chi connectivity index (χ1n) is 12.1. The fraction of sp³-hybridized carbons (Fsp3) is 0.500. The van der Waals surface area contributed by atoms with Crippen LogP contribution < -0.4 is 10.9 Å². The molecule has 3 heterocycles. The van der Waals surface area contributed by atoms with Crippen LogP contribution in [-0.2, 0) is 23.1 Å². The number of aliphatic hydroxyl groups excluding tert-OH is 1. The van der Waals surface area contributed by atoms with Crippen molar-refractivity contribution in [1.82, 2.24) is 19.4 Å². The van der Waals surface area contributed by atoms with Crippen molar-refractivity contribution in [3.8, 4) is 11.4 Å². The molecule has 9 heteroatoms. The van der Waals surface area contributed by atoms with E-state index < -0.39 is 18.1 Å².